The lowest BCUT2D eigenvalue weighted by Gasteiger charge is -2.39. The van der Waals surface area contributed by atoms with E-state index in [1.807, 2.05) is 20.8 Å². The molecule has 47 heavy (non-hydrogen) atoms. The summed E-state index contributed by atoms with van der Waals surface area (Å²) < 4.78 is 59.3. The maximum Gasteiger partial charge on any atom is 0.407 e. The first-order valence-electron chi connectivity index (χ1n) is 16.2. The third-order valence-corrected chi connectivity index (χ3v) is 12.2. The van der Waals surface area contributed by atoms with E-state index in [-0.39, 0.29) is 22.1 Å². The molecule has 2 aliphatic heterocycles. The molecule has 12 nitrogen and oxygen atoms in total. The van der Waals surface area contributed by atoms with Crippen LogP contribution >= 0.6 is 0 Å². The first-order chi connectivity index (χ1) is 22.0. The molecule has 0 spiro atoms. The summed E-state index contributed by atoms with van der Waals surface area (Å²) in [4.78, 5) is 27.9. The summed E-state index contributed by atoms with van der Waals surface area (Å²) in [5.41, 5.74) is 1.06. The van der Waals surface area contributed by atoms with Gasteiger partial charge in [0.2, 0.25) is 20.0 Å². The SMILES string of the molecule is CN(c1ccc(CN2CC(CNC(=O)OC(C)(C)C)C2)cc1C(=O)Nc1ccc(S(=O)(=O)N2CCC(C3CC3)CC2)cc1)S(C)(=O)=O. The molecule has 2 amide bonds. The van der Waals surface area contributed by atoms with Gasteiger partial charge < -0.3 is 15.4 Å². The third kappa shape index (κ3) is 9.04. The zero-order valence-corrected chi connectivity index (χ0v) is 29.5. The molecule has 2 aromatic rings. The highest BCUT2D eigenvalue weighted by molar-refractivity contribution is 7.92. The van der Waals surface area contributed by atoms with Crippen molar-refractivity contribution in [2.45, 2.75) is 63.5 Å². The minimum atomic E-state index is -3.66. The third-order valence-electron chi connectivity index (χ3n) is 9.05. The van der Waals surface area contributed by atoms with E-state index in [1.165, 1.54) is 32.0 Å². The van der Waals surface area contributed by atoms with Crippen molar-refractivity contribution >= 4 is 43.4 Å². The highest BCUT2D eigenvalue weighted by Crippen LogP contribution is 2.42. The zero-order chi connectivity index (χ0) is 34.1. The van der Waals surface area contributed by atoms with E-state index < -0.39 is 37.6 Å². The highest BCUT2D eigenvalue weighted by Gasteiger charge is 2.36. The summed E-state index contributed by atoms with van der Waals surface area (Å²) in [6.07, 6.45) is 4.93. The fraction of sp³-hybridized carbons (Fsp3) is 0.576. The number of hydrogen-bond donors (Lipinski definition) is 2. The van der Waals surface area contributed by atoms with Crippen molar-refractivity contribution in [3.63, 3.8) is 0 Å². The molecule has 2 heterocycles. The molecule has 1 aliphatic carbocycles. The van der Waals surface area contributed by atoms with E-state index >= 15 is 0 Å². The van der Waals surface area contributed by atoms with Crippen molar-refractivity contribution in [1.29, 1.82) is 0 Å². The fourth-order valence-electron chi connectivity index (χ4n) is 6.26. The fourth-order valence-corrected chi connectivity index (χ4v) is 8.25. The van der Waals surface area contributed by atoms with Gasteiger partial charge in [-0.3, -0.25) is 14.0 Å². The van der Waals surface area contributed by atoms with Crippen molar-refractivity contribution in [2.75, 3.05) is 55.6 Å². The Kier molecular flexibility index (Phi) is 10.3. The first kappa shape index (κ1) is 35.1. The number of ether oxygens (including phenoxy) is 1. The number of rotatable bonds is 11. The number of nitrogens with one attached hydrogen (secondary N) is 2. The second-order valence-electron chi connectivity index (χ2n) is 14.1. The quantitative estimate of drug-likeness (QED) is 0.359. The molecule has 2 aromatic carbocycles. The molecule has 258 valence electrons. The number of piperidine rings is 1. The molecule has 1 saturated carbocycles. The normalized spacial score (nSPS) is 18.7. The maximum atomic E-state index is 13.6. The summed E-state index contributed by atoms with van der Waals surface area (Å²) in [6, 6.07) is 11.2. The molecule has 5 rings (SSSR count). The Morgan fingerprint density at radius 2 is 1.55 bits per heavy atom. The van der Waals surface area contributed by atoms with Crippen molar-refractivity contribution in [3.05, 3.63) is 53.6 Å². The Morgan fingerprint density at radius 1 is 0.936 bits per heavy atom. The van der Waals surface area contributed by atoms with Gasteiger partial charge in [-0.2, -0.15) is 4.31 Å². The lowest BCUT2D eigenvalue weighted by molar-refractivity contribution is 0.0456. The molecule has 0 aromatic heterocycles. The molecule has 2 saturated heterocycles. The summed E-state index contributed by atoms with van der Waals surface area (Å²) in [5.74, 6) is 1.14. The number of carbonyl (C=O) groups excluding carboxylic acids is 2. The standard InChI is InChI=1S/C33H47N5O7S2/c1-33(2,3)45-32(40)34-19-24-21-37(22-24)20-23-6-13-30(36(4)46(5,41)42)29(18-23)31(39)35-27-9-11-28(12-10-27)47(43,44)38-16-14-26(15-17-38)25-7-8-25/h6,9-13,18,24-26H,7-8,14-17,19-22H2,1-5H3,(H,34,40)(H,35,39). The molecule has 2 N–H and O–H groups in total. The van der Waals surface area contributed by atoms with E-state index in [0.29, 0.717) is 37.8 Å². The number of hydrogen-bond acceptors (Lipinski definition) is 8. The van der Waals surface area contributed by atoms with Gasteiger partial charge in [0.25, 0.3) is 5.91 Å². The molecule has 0 unspecified atom stereocenters. The van der Waals surface area contributed by atoms with Crippen molar-refractivity contribution in [3.8, 4) is 0 Å². The van der Waals surface area contributed by atoms with Crippen LogP contribution in [-0.4, -0.2) is 89.7 Å². The summed E-state index contributed by atoms with van der Waals surface area (Å²) in [5, 5.41) is 5.62. The van der Waals surface area contributed by atoms with Gasteiger partial charge >= 0.3 is 6.09 Å². The number of nitrogens with zero attached hydrogens (tertiary/aromatic N) is 3. The van der Waals surface area contributed by atoms with Crippen LogP contribution in [0.4, 0.5) is 16.2 Å². The van der Waals surface area contributed by atoms with E-state index in [4.69, 9.17) is 4.74 Å². The van der Waals surface area contributed by atoms with Gasteiger partial charge in [0.05, 0.1) is 22.4 Å². The maximum absolute atomic E-state index is 13.6. The minimum absolute atomic E-state index is 0.175. The van der Waals surface area contributed by atoms with Crippen LogP contribution in [0.25, 0.3) is 0 Å². The predicted molar refractivity (Wildman–Crippen MR) is 181 cm³/mol. The van der Waals surface area contributed by atoms with E-state index in [0.717, 1.165) is 48.0 Å². The van der Waals surface area contributed by atoms with Crippen molar-refractivity contribution in [2.24, 2.45) is 17.8 Å². The van der Waals surface area contributed by atoms with Crippen molar-refractivity contribution < 1.29 is 31.2 Å². The van der Waals surface area contributed by atoms with E-state index in [2.05, 4.69) is 15.5 Å². The average molecular weight is 690 g/mol. The van der Waals surface area contributed by atoms with Gasteiger partial charge in [-0.05, 0) is 100 Å². The van der Waals surface area contributed by atoms with Gasteiger partial charge in [0, 0.05) is 57.9 Å². The number of amides is 2. The molecule has 3 fully saturated rings. The largest absolute Gasteiger partial charge is 0.444 e. The second-order valence-corrected chi connectivity index (χ2v) is 18.0. The van der Waals surface area contributed by atoms with Crippen LogP contribution in [0.1, 0.15) is 62.4 Å². The van der Waals surface area contributed by atoms with Crippen LogP contribution in [0.15, 0.2) is 47.4 Å². The molecule has 0 radical (unpaired) electrons. The predicted octanol–water partition coefficient (Wildman–Crippen LogP) is 4.10. The summed E-state index contributed by atoms with van der Waals surface area (Å²) in [6.45, 7) is 9.01. The van der Waals surface area contributed by atoms with Crippen LogP contribution in [-0.2, 0) is 31.3 Å². The number of carbonyl (C=O) groups is 2. The highest BCUT2D eigenvalue weighted by atomic mass is 32.2. The van der Waals surface area contributed by atoms with Crippen LogP contribution in [0.5, 0.6) is 0 Å². The molecule has 3 aliphatic rings. The van der Waals surface area contributed by atoms with Gasteiger partial charge in [0.15, 0.2) is 0 Å². The van der Waals surface area contributed by atoms with Crippen LogP contribution in [0.3, 0.4) is 0 Å². The number of alkyl carbamates (subject to hydrolysis) is 1. The summed E-state index contributed by atoms with van der Waals surface area (Å²) in [7, 11) is -5.90. The van der Waals surface area contributed by atoms with E-state index in [9.17, 15) is 26.4 Å². The Balaban J connectivity index is 1.22. The Labute approximate surface area is 278 Å². The monoisotopic (exact) mass is 689 g/mol. The Bertz CT molecular complexity index is 1670. The van der Waals surface area contributed by atoms with E-state index in [1.54, 1.807) is 34.6 Å². The lowest BCUT2D eigenvalue weighted by atomic mass is 9.93. The second kappa shape index (κ2) is 13.7. The van der Waals surface area contributed by atoms with Crippen molar-refractivity contribution in [1.82, 2.24) is 14.5 Å². The molecule has 0 atom stereocenters. The average Bonchev–Trinajstić information content (AvgIpc) is 3.82. The first-order valence-corrected chi connectivity index (χ1v) is 19.5. The molecule has 14 heteroatoms. The molecular formula is C33H47N5O7S2. The number of anilines is 2. The Hall–Kier alpha value is -3.20. The van der Waals surface area contributed by atoms with Crippen LogP contribution < -0.4 is 14.9 Å². The van der Waals surface area contributed by atoms with Gasteiger partial charge in [-0.1, -0.05) is 6.07 Å². The topological polar surface area (TPSA) is 145 Å². The lowest BCUT2D eigenvalue weighted by Crippen LogP contribution is -2.51. The van der Waals surface area contributed by atoms with Gasteiger partial charge in [-0.25, -0.2) is 21.6 Å². The number of likely N-dealkylation sites (tertiary alicyclic amines) is 1. The number of sulfonamides is 2. The van der Waals surface area contributed by atoms with Crippen LogP contribution in [0, 0.1) is 17.8 Å². The molecular weight excluding hydrogens is 643 g/mol. The number of benzene rings is 2. The minimum Gasteiger partial charge on any atom is -0.444 e. The summed E-state index contributed by atoms with van der Waals surface area (Å²) >= 11 is 0. The zero-order valence-electron chi connectivity index (χ0n) is 27.9. The van der Waals surface area contributed by atoms with Gasteiger partial charge in [-0.15, -0.1) is 0 Å². The van der Waals surface area contributed by atoms with Crippen LogP contribution in [0.2, 0.25) is 0 Å². The smallest absolute Gasteiger partial charge is 0.407 e. The molecule has 0 bridgehead atoms. The van der Waals surface area contributed by atoms with Gasteiger partial charge in [0.1, 0.15) is 5.60 Å². The Morgan fingerprint density at radius 3 is 2.13 bits per heavy atom.